The van der Waals surface area contributed by atoms with Crippen LogP contribution < -0.4 is 10.6 Å². The van der Waals surface area contributed by atoms with Gasteiger partial charge in [0.2, 0.25) is 5.91 Å². The van der Waals surface area contributed by atoms with Crippen LogP contribution in [0.3, 0.4) is 0 Å². The van der Waals surface area contributed by atoms with Gasteiger partial charge in [0.05, 0.1) is 20.6 Å². The van der Waals surface area contributed by atoms with E-state index < -0.39 is 24.0 Å². The Hall–Kier alpha value is -4.21. The van der Waals surface area contributed by atoms with E-state index in [4.69, 9.17) is 4.74 Å². The fourth-order valence-corrected chi connectivity index (χ4v) is 4.42. The van der Waals surface area contributed by atoms with Gasteiger partial charge < -0.3 is 24.8 Å². The Balaban J connectivity index is 1.63. The van der Waals surface area contributed by atoms with E-state index in [1.165, 1.54) is 25.3 Å². The topological polar surface area (TPSA) is 137 Å². The third-order valence-corrected chi connectivity index (χ3v) is 6.87. The van der Waals surface area contributed by atoms with Crippen molar-refractivity contribution in [2.75, 3.05) is 27.4 Å². The van der Waals surface area contributed by atoms with E-state index >= 15 is 0 Å². The van der Waals surface area contributed by atoms with Gasteiger partial charge in [-0.25, -0.2) is 4.79 Å². The highest BCUT2D eigenvalue weighted by Crippen LogP contribution is 2.12. The Kier molecular flexibility index (Phi) is 16.8. The Morgan fingerprint density at radius 2 is 1.35 bits per heavy atom. The number of hydrogen-bond acceptors (Lipinski definition) is 8. The van der Waals surface area contributed by atoms with Crippen LogP contribution in [-0.4, -0.2) is 63.1 Å². The molecule has 10 nitrogen and oxygen atoms in total. The van der Waals surface area contributed by atoms with E-state index in [1.807, 2.05) is 30.3 Å². The van der Waals surface area contributed by atoms with Gasteiger partial charge >= 0.3 is 18.0 Å². The van der Waals surface area contributed by atoms with Gasteiger partial charge in [-0.2, -0.15) is 0 Å². The lowest BCUT2D eigenvalue weighted by molar-refractivity contribution is -0.147. The average Bonchev–Trinajstić information content (AvgIpc) is 3.02. The minimum atomic E-state index is -0.858. The summed E-state index contributed by atoms with van der Waals surface area (Å²) in [5.41, 5.74) is 3.43. The Labute approximate surface area is 253 Å². The summed E-state index contributed by atoms with van der Waals surface area (Å²) in [7, 11) is 2.52. The summed E-state index contributed by atoms with van der Waals surface area (Å²) in [5.74, 6) is -1.60. The summed E-state index contributed by atoms with van der Waals surface area (Å²) >= 11 is 0. The molecule has 2 N–H and O–H groups in total. The first kappa shape index (κ1) is 35.0. The molecule has 0 saturated heterocycles. The van der Waals surface area contributed by atoms with E-state index in [0.29, 0.717) is 25.7 Å². The van der Waals surface area contributed by atoms with Crippen molar-refractivity contribution in [3.63, 3.8) is 0 Å². The van der Waals surface area contributed by atoms with E-state index in [0.717, 1.165) is 31.2 Å². The lowest BCUT2D eigenvalue weighted by Gasteiger charge is -2.17. The molecule has 10 heteroatoms. The second-order valence-electron chi connectivity index (χ2n) is 10.3. The maximum atomic E-state index is 12.6. The van der Waals surface area contributed by atoms with Gasteiger partial charge in [-0.3, -0.25) is 19.2 Å². The van der Waals surface area contributed by atoms with Crippen LogP contribution in [0.1, 0.15) is 68.1 Å². The minimum absolute atomic E-state index is 0.0135. The molecule has 0 aliphatic carbocycles. The second kappa shape index (κ2) is 20.6. The Morgan fingerprint density at radius 3 is 2.00 bits per heavy atom. The molecule has 0 saturated carbocycles. The van der Waals surface area contributed by atoms with Crippen LogP contribution in [0.5, 0.6) is 0 Å². The number of amides is 2. The fourth-order valence-electron chi connectivity index (χ4n) is 4.42. The van der Waals surface area contributed by atoms with Gasteiger partial charge in [0.25, 0.3) is 0 Å². The molecule has 0 aromatic heterocycles. The molecule has 234 valence electrons. The zero-order valence-corrected chi connectivity index (χ0v) is 25.2. The summed E-state index contributed by atoms with van der Waals surface area (Å²) in [4.78, 5) is 59.8. The SMILES string of the molecule is COC(=O)CCCCC[C@H](NC(=O)OC)C(=O)NCCC(=O)OCC(=O)Cc1ccc(CCCCc2ccccc2)cc1. The molecule has 0 bridgehead atoms. The first-order valence-electron chi connectivity index (χ1n) is 14.8. The fraction of sp³-hybridized carbons (Fsp3) is 0.485. The third kappa shape index (κ3) is 15.6. The average molecular weight is 597 g/mol. The van der Waals surface area contributed by atoms with E-state index in [-0.39, 0.29) is 44.2 Å². The summed E-state index contributed by atoms with van der Waals surface area (Å²) in [5, 5.41) is 5.08. The monoisotopic (exact) mass is 596 g/mol. The van der Waals surface area contributed by atoms with Crippen LogP contribution in [0, 0.1) is 0 Å². The number of ether oxygens (including phenoxy) is 3. The quantitative estimate of drug-likeness (QED) is 0.131. The maximum Gasteiger partial charge on any atom is 0.407 e. The van der Waals surface area contributed by atoms with Crippen molar-refractivity contribution in [1.29, 1.82) is 0 Å². The molecule has 0 aliphatic heterocycles. The van der Waals surface area contributed by atoms with Crippen LogP contribution >= 0.6 is 0 Å². The number of nitrogens with one attached hydrogen (secondary N) is 2. The first-order chi connectivity index (χ1) is 20.8. The van der Waals surface area contributed by atoms with Gasteiger partial charge in [-0.1, -0.05) is 67.4 Å². The van der Waals surface area contributed by atoms with E-state index in [2.05, 4.69) is 44.4 Å². The number of carbonyl (C=O) groups excluding carboxylic acids is 5. The van der Waals surface area contributed by atoms with Gasteiger partial charge in [-0.05, 0) is 55.2 Å². The van der Waals surface area contributed by atoms with Crippen LogP contribution in [0.2, 0.25) is 0 Å². The number of hydrogen-bond donors (Lipinski definition) is 2. The molecule has 43 heavy (non-hydrogen) atoms. The number of Topliss-reactive ketones (excluding diaryl/α,β-unsaturated/α-hetero) is 1. The number of benzene rings is 2. The second-order valence-corrected chi connectivity index (χ2v) is 10.3. The lowest BCUT2D eigenvalue weighted by atomic mass is 10.0. The number of carbonyl (C=O) groups is 5. The van der Waals surface area contributed by atoms with Gasteiger partial charge in [0.1, 0.15) is 12.6 Å². The molecule has 2 aromatic carbocycles. The first-order valence-corrected chi connectivity index (χ1v) is 14.8. The Bertz CT molecular complexity index is 1150. The van der Waals surface area contributed by atoms with Crippen molar-refractivity contribution < 1.29 is 38.2 Å². The molecule has 0 aliphatic rings. The molecular weight excluding hydrogens is 552 g/mol. The number of rotatable bonds is 20. The third-order valence-electron chi connectivity index (χ3n) is 6.87. The van der Waals surface area contributed by atoms with Crippen LogP contribution in [0.25, 0.3) is 0 Å². The molecule has 0 fully saturated rings. The van der Waals surface area contributed by atoms with Gasteiger partial charge in [-0.15, -0.1) is 0 Å². The number of unbranched alkanes of at least 4 members (excludes halogenated alkanes) is 3. The normalized spacial score (nSPS) is 11.2. The zero-order chi connectivity index (χ0) is 31.3. The van der Waals surface area contributed by atoms with Crippen molar-refractivity contribution >= 4 is 29.7 Å². The highest BCUT2D eigenvalue weighted by atomic mass is 16.5. The smallest absolute Gasteiger partial charge is 0.407 e. The number of aryl methyl sites for hydroxylation is 2. The van der Waals surface area contributed by atoms with Crippen molar-refractivity contribution in [2.24, 2.45) is 0 Å². The van der Waals surface area contributed by atoms with Crippen molar-refractivity contribution in [2.45, 2.75) is 76.7 Å². The van der Waals surface area contributed by atoms with E-state index in [1.54, 1.807) is 0 Å². The highest BCUT2D eigenvalue weighted by molar-refractivity contribution is 5.86. The van der Waals surface area contributed by atoms with Crippen LogP contribution in [0.15, 0.2) is 54.6 Å². The van der Waals surface area contributed by atoms with Crippen molar-refractivity contribution in [3.05, 3.63) is 71.3 Å². The number of esters is 2. The standard InChI is InChI=1S/C33H44N2O8/c1-41-30(37)16-8-4-7-15-29(35-33(40)42-2)32(39)34-22-21-31(38)43-24-28(36)23-27-19-17-26(18-20-27)14-10-9-13-25-11-5-3-6-12-25/h3,5-6,11-12,17-20,29H,4,7-10,13-16,21-24H2,1-2H3,(H,34,39)(H,35,40)/t29-/m0/s1. The molecule has 0 radical (unpaired) electrons. The molecule has 2 amide bonds. The van der Waals surface area contributed by atoms with Gasteiger partial charge in [0, 0.05) is 19.4 Å². The molecular formula is C33H44N2O8. The Morgan fingerprint density at radius 1 is 0.698 bits per heavy atom. The predicted octanol–water partition coefficient (Wildman–Crippen LogP) is 4.26. The summed E-state index contributed by atoms with van der Waals surface area (Å²) in [6, 6.07) is 17.5. The predicted molar refractivity (Wildman–Crippen MR) is 161 cm³/mol. The van der Waals surface area contributed by atoms with Crippen LogP contribution in [-0.2, 0) is 52.7 Å². The lowest BCUT2D eigenvalue weighted by Crippen LogP contribution is -2.47. The molecule has 0 heterocycles. The van der Waals surface area contributed by atoms with Crippen LogP contribution in [0.4, 0.5) is 4.79 Å². The largest absolute Gasteiger partial charge is 0.469 e. The zero-order valence-electron chi connectivity index (χ0n) is 25.2. The van der Waals surface area contributed by atoms with Crippen molar-refractivity contribution in [1.82, 2.24) is 10.6 Å². The molecule has 1 atom stereocenters. The summed E-state index contributed by atoms with van der Waals surface area (Å²) in [6.07, 6.45) is 6.00. The summed E-state index contributed by atoms with van der Waals surface area (Å²) in [6.45, 7) is -0.355. The minimum Gasteiger partial charge on any atom is -0.469 e. The molecule has 2 aromatic rings. The number of alkyl carbamates (subject to hydrolysis) is 1. The number of methoxy groups -OCH3 is 2. The molecule has 0 unspecified atom stereocenters. The highest BCUT2D eigenvalue weighted by Gasteiger charge is 2.21. The maximum absolute atomic E-state index is 12.6. The molecule has 0 spiro atoms. The van der Waals surface area contributed by atoms with E-state index in [9.17, 15) is 24.0 Å². The van der Waals surface area contributed by atoms with Gasteiger partial charge in [0.15, 0.2) is 5.78 Å². The molecule has 2 rings (SSSR count). The number of ketones is 1. The summed E-state index contributed by atoms with van der Waals surface area (Å²) < 4.78 is 14.3. The van der Waals surface area contributed by atoms with Crippen molar-refractivity contribution in [3.8, 4) is 0 Å².